The fraction of sp³-hybridized carbons (Fsp3) is 0.154. The molecule has 0 fully saturated rings. The van der Waals surface area contributed by atoms with Gasteiger partial charge in [0, 0.05) is 28.2 Å². The topological polar surface area (TPSA) is 138 Å². The van der Waals surface area contributed by atoms with E-state index < -0.39 is 5.91 Å². The molecule has 3 heterocycles. The number of aryl methyl sites for hydroxylation is 3. The summed E-state index contributed by atoms with van der Waals surface area (Å²) in [6, 6.07) is 11.5. The van der Waals surface area contributed by atoms with Crippen molar-refractivity contribution in [1.29, 1.82) is 0 Å². The average Bonchev–Trinajstić information content (AvgIpc) is 3.40. The summed E-state index contributed by atoms with van der Waals surface area (Å²) in [5.74, 6) is 2.08. The third kappa shape index (κ3) is 4.14. The van der Waals surface area contributed by atoms with Crippen LogP contribution in [0.25, 0.3) is 39.1 Å². The van der Waals surface area contributed by atoms with Crippen LogP contribution in [0.2, 0.25) is 0 Å². The maximum atomic E-state index is 11.2. The maximum Gasteiger partial charge on any atom is 0.267 e. The fourth-order valence-corrected chi connectivity index (χ4v) is 4.28. The van der Waals surface area contributed by atoms with Crippen LogP contribution in [0.3, 0.4) is 0 Å². The van der Waals surface area contributed by atoms with Gasteiger partial charge in [-0.2, -0.15) is 0 Å². The van der Waals surface area contributed by atoms with Crippen LogP contribution in [0.1, 0.15) is 22.8 Å². The molecule has 2 aromatic carbocycles. The Labute approximate surface area is 206 Å². The Bertz CT molecular complexity index is 1610. The van der Waals surface area contributed by atoms with Gasteiger partial charge in [-0.1, -0.05) is 17.3 Å². The van der Waals surface area contributed by atoms with E-state index in [0.29, 0.717) is 23.0 Å². The number of hydrogen-bond donors (Lipinski definition) is 4. The van der Waals surface area contributed by atoms with Gasteiger partial charge >= 0.3 is 0 Å². The van der Waals surface area contributed by atoms with Crippen LogP contribution in [0.5, 0.6) is 5.75 Å². The summed E-state index contributed by atoms with van der Waals surface area (Å²) < 4.78 is 11.1. The number of benzene rings is 2. The number of nitrogens with zero attached hydrogens (tertiary/aromatic N) is 3. The van der Waals surface area contributed by atoms with Crippen molar-refractivity contribution in [2.24, 2.45) is 0 Å². The monoisotopic (exact) mass is 484 g/mol. The van der Waals surface area contributed by atoms with Crippen LogP contribution >= 0.6 is 0 Å². The van der Waals surface area contributed by atoms with Gasteiger partial charge in [0.05, 0.1) is 23.8 Å². The zero-order valence-electron chi connectivity index (χ0n) is 20.1. The number of anilines is 2. The van der Waals surface area contributed by atoms with Gasteiger partial charge in [0.25, 0.3) is 5.91 Å². The van der Waals surface area contributed by atoms with Crippen LogP contribution in [-0.4, -0.2) is 38.3 Å². The molecule has 0 spiro atoms. The van der Waals surface area contributed by atoms with Crippen LogP contribution in [0.4, 0.5) is 11.5 Å². The molecule has 5 aromatic rings. The van der Waals surface area contributed by atoms with E-state index in [2.05, 4.69) is 25.4 Å². The lowest BCUT2D eigenvalue weighted by Gasteiger charge is -2.10. The van der Waals surface area contributed by atoms with Crippen molar-refractivity contribution in [3.05, 3.63) is 65.3 Å². The SMILES string of the molecule is COc1cc2c(cc1-c1c(C)noc1C)[nH]c1nc(C)nc(Nc3ccc(/C=C/C(=O)NO)cc3)c12. The van der Waals surface area contributed by atoms with Gasteiger partial charge in [0.2, 0.25) is 0 Å². The number of nitrogens with one attached hydrogen (secondary N) is 3. The summed E-state index contributed by atoms with van der Waals surface area (Å²) in [5, 5.41) is 17.8. The molecule has 0 aliphatic heterocycles. The minimum absolute atomic E-state index is 0.594. The van der Waals surface area contributed by atoms with Crippen molar-refractivity contribution in [1.82, 2.24) is 25.6 Å². The fourth-order valence-electron chi connectivity index (χ4n) is 4.28. The number of carbonyl (C=O) groups is 1. The summed E-state index contributed by atoms with van der Waals surface area (Å²) in [4.78, 5) is 23.9. The third-order valence-corrected chi connectivity index (χ3v) is 5.90. The molecule has 0 unspecified atom stereocenters. The van der Waals surface area contributed by atoms with Crippen molar-refractivity contribution >= 4 is 45.4 Å². The van der Waals surface area contributed by atoms with Crippen molar-refractivity contribution < 1.29 is 19.3 Å². The summed E-state index contributed by atoms with van der Waals surface area (Å²) in [5.41, 5.74) is 7.33. The molecule has 0 saturated carbocycles. The number of fused-ring (bicyclic) bond motifs is 3. The minimum Gasteiger partial charge on any atom is -0.496 e. The number of rotatable bonds is 6. The van der Waals surface area contributed by atoms with Gasteiger partial charge in [0.1, 0.15) is 28.8 Å². The van der Waals surface area contributed by atoms with Crippen LogP contribution in [0, 0.1) is 20.8 Å². The van der Waals surface area contributed by atoms with E-state index in [1.54, 1.807) is 18.7 Å². The predicted molar refractivity (Wildman–Crippen MR) is 136 cm³/mol. The van der Waals surface area contributed by atoms with E-state index in [4.69, 9.17) is 14.5 Å². The molecular weight excluding hydrogens is 460 g/mol. The van der Waals surface area contributed by atoms with Gasteiger partial charge in [-0.05, 0) is 56.7 Å². The van der Waals surface area contributed by atoms with Crippen molar-refractivity contribution in [3.63, 3.8) is 0 Å². The first-order chi connectivity index (χ1) is 17.4. The predicted octanol–water partition coefficient (Wildman–Crippen LogP) is 4.96. The van der Waals surface area contributed by atoms with Crippen molar-refractivity contribution in [2.75, 3.05) is 12.4 Å². The maximum absolute atomic E-state index is 11.2. The molecule has 1 amide bonds. The number of aromatic nitrogens is 4. The summed E-state index contributed by atoms with van der Waals surface area (Å²) in [7, 11) is 1.64. The number of ether oxygens (including phenoxy) is 1. The Morgan fingerprint density at radius 1 is 1.14 bits per heavy atom. The Balaban J connectivity index is 1.59. The lowest BCUT2D eigenvalue weighted by molar-refractivity contribution is -0.124. The molecule has 5 rings (SSSR count). The summed E-state index contributed by atoms with van der Waals surface area (Å²) in [6.07, 6.45) is 2.85. The molecule has 182 valence electrons. The molecule has 10 heteroatoms. The van der Waals surface area contributed by atoms with Crippen molar-refractivity contribution in [2.45, 2.75) is 20.8 Å². The molecule has 0 radical (unpaired) electrons. The normalized spacial score (nSPS) is 11.5. The number of amides is 1. The molecule has 10 nitrogen and oxygen atoms in total. The average molecular weight is 485 g/mol. The highest BCUT2D eigenvalue weighted by atomic mass is 16.5. The van der Waals surface area contributed by atoms with Gasteiger partial charge in [-0.15, -0.1) is 0 Å². The highest BCUT2D eigenvalue weighted by molar-refractivity contribution is 6.13. The number of carbonyl (C=O) groups excluding carboxylic acids is 1. The molecule has 36 heavy (non-hydrogen) atoms. The molecule has 3 aromatic heterocycles. The van der Waals surface area contributed by atoms with E-state index in [1.807, 2.05) is 57.2 Å². The molecule has 0 bridgehead atoms. The smallest absolute Gasteiger partial charge is 0.267 e. The number of hydroxylamine groups is 1. The zero-order valence-corrected chi connectivity index (χ0v) is 20.1. The first-order valence-electron chi connectivity index (χ1n) is 11.2. The quantitative estimate of drug-likeness (QED) is 0.151. The van der Waals surface area contributed by atoms with E-state index in [-0.39, 0.29) is 0 Å². The first kappa shape index (κ1) is 23.1. The standard InChI is InChI=1S/C26H24N6O4/c1-13-23(14(2)36-32-13)19-11-20-18(12-21(19)35-4)24-25(27-15(3)28-26(24)30-20)29-17-8-5-16(6-9-17)7-10-22(33)31-34/h5-12,34H,1-4H3,(H,31,33)(H2,27,28,29,30)/b10-7+. The minimum atomic E-state index is -0.594. The van der Waals surface area contributed by atoms with Gasteiger partial charge in [0.15, 0.2) is 0 Å². The highest BCUT2D eigenvalue weighted by Crippen LogP contribution is 2.40. The number of aromatic amines is 1. The van der Waals surface area contributed by atoms with Crippen molar-refractivity contribution in [3.8, 4) is 16.9 Å². The molecule has 0 aliphatic carbocycles. The molecule has 0 saturated heterocycles. The van der Waals surface area contributed by atoms with Gasteiger partial charge in [-0.3, -0.25) is 10.0 Å². The Kier molecular flexibility index (Phi) is 5.87. The van der Waals surface area contributed by atoms with E-state index >= 15 is 0 Å². The number of methoxy groups -OCH3 is 1. The second-order valence-corrected chi connectivity index (χ2v) is 8.32. The van der Waals surface area contributed by atoms with Crippen LogP contribution in [-0.2, 0) is 4.79 Å². The molecule has 0 aliphatic rings. The second kappa shape index (κ2) is 9.16. The Morgan fingerprint density at radius 3 is 2.58 bits per heavy atom. The molecule has 0 atom stereocenters. The summed E-state index contributed by atoms with van der Waals surface area (Å²) in [6.45, 7) is 5.62. The lowest BCUT2D eigenvalue weighted by atomic mass is 10.0. The lowest BCUT2D eigenvalue weighted by Crippen LogP contribution is -2.14. The van der Waals surface area contributed by atoms with Crippen LogP contribution in [0.15, 0.2) is 47.0 Å². The Hall–Kier alpha value is -4.70. The zero-order chi connectivity index (χ0) is 25.4. The number of H-pyrrole nitrogens is 1. The first-order valence-corrected chi connectivity index (χ1v) is 11.2. The largest absolute Gasteiger partial charge is 0.496 e. The summed E-state index contributed by atoms with van der Waals surface area (Å²) >= 11 is 0. The van der Waals surface area contributed by atoms with Gasteiger partial charge in [-0.25, -0.2) is 15.4 Å². The van der Waals surface area contributed by atoms with E-state index in [1.165, 1.54) is 6.08 Å². The van der Waals surface area contributed by atoms with Crippen LogP contribution < -0.4 is 15.5 Å². The highest BCUT2D eigenvalue weighted by Gasteiger charge is 2.20. The second-order valence-electron chi connectivity index (χ2n) is 8.32. The third-order valence-electron chi connectivity index (χ3n) is 5.90. The molecular formula is C26H24N6O4. The number of hydrogen-bond acceptors (Lipinski definition) is 8. The van der Waals surface area contributed by atoms with E-state index in [0.717, 1.165) is 50.1 Å². The Morgan fingerprint density at radius 2 is 1.92 bits per heavy atom. The molecule has 4 N–H and O–H groups in total. The van der Waals surface area contributed by atoms with E-state index in [9.17, 15) is 4.79 Å². The van der Waals surface area contributed by atoms with Gasteiger partial charge < -0.3 is 19.6 Å².